The van der Waals surface area contributed by atoms with Crippen molar-refractivity contribution in [2.45, 2.75) is 32.1 Å². The highest BCUT2D eigenvalue weighted by Gasteiger charge is 2.35. The summed E-state index contributed by atoms with van der Waals surface area (Å²) < 4.78 is 0. The second-order valence-corrected chi connectivity index (χ2v) is 5.79. The molecule has 1 saturated carbocycles. The minimum atomic E-state index is 0.506. The smallest absolute Gasteiger partial charge is 0.0599 e. The van der Waals surface area contributed by atoms with Gasteiger partial charge in [-0.1, -0.05) is 31.4 Å². The molecule has 1 aliphatic carbocycles. The van der Waals surface area contributed by atoms with Gasteiger partial charge in [-0.2, -0.15) is 0 Å². The highest BCUT2D eigenvalue weighted by molar-refractivity contribution is 5.70. The predicted octanol–water partition coefficient (Wildman–Crippen LogP) is 3.50. The zero-order valence-electron chi connectivity index (χ0n) is 10.7. The Morgan fingerprint density at radius 3 is 2.71 bits per heavy atom. The number of fused-ring (bicyclic) bond motifs is 1. The summed E-state index contributed by atoms with van der Waals surface area (Å²) in [6, 6.07) is 8.69. The van der Waals surface area contributed by atoms with E-state index in [9.17, 15) is 0 Å². The van der Waals surface area contributed by atoms with Crippen LogP contribution in [0.3, 0.4) is 0 Å². The second kappa shape index (κ2) is 4.25. The fraction of sp³-hybridized carbons (Fsp3) is 0.600. The highest BCUT2D eigenvalue weighted by Crippen LogP contribution is 2.41. The highest BCUT2D eigenvalue weighted by atomic mass is 15.2. The Balaban J connectivity index is 1.88. The van der Waals surface area contributed by atoms with Gasteiger partial charge in [0.25, 0.3) is 0 Å². The van der Waals surface area contributed by atoms with Gasteiger partial charge in [-0.3, -0.25) is 0 Å². The summed E-state index contributed by atoms with van der Waals surface area (Å²) >= 11 is 0. The van der Waals surface area contributed by atoms with Gasteiger partial charge >= 0.3 is 0 Å². The zero-order valence-corrected chi connectivity index (χ0v) is 10.7. The quantitative estimate of drug-likeness (QED) is 0.734. The third-order valence-corrected chi connectivity index (χ3v) is 4.46. The molecule has 1 aromatic rings. The minimum absolute atomic E-state index is 0.506. The molecule has 1 aromatic carbocycles. The molecule has 0 bridgehead atoms. The lowest BCUT2D eigenvalue weighted by atomic mass is 9.74. The van der Waals surface area contributed by atoms with Crippen molar-refractivity contribution >= 4 is 11.4 Å². The molecule has 1 N–H and O–H groups in total. The van der Waals surface area contributed by atoms with Crippen molar-refractivity contribution in [1.29, 1.82) is 0 Å². The first-order chi connectivity index (χ1) is 8.29. The molecule has 92 valence electrons. The van der Waals surface area contributed by atoms with Crippen molar-refractivity contribution in [2.75, 3.05) is 30.4 Å². The van der Waals surface area contributed by atoms with E-state index in [2.05, 4.69) is 41.5 Å². The van der Waals surface area contributed by atoms with Crippen molar-refractivity contribution in [3.8, 4) is 0 Å². The average Bonchev–Trinajstić information content (AvgIpc) is 2.50. The van der Waals surface area contributed by atoms with Crippen LogP contribution in [0.5, 0.6) is 0 Å². The largest absolute Gasteiger partial charge is 0.383 e. The Hall–Kier alpha value is -1.18. The average molecular weight is 230 g/mol. The van der Waals surface area contributed by atoms with Gasteiger partial charge in [0.15, 0.2) is 0 Å². The van der Waals surface area contributed by atoms with Crippen molar-refractivity contribution in [3.05, 3.63) is 24.3 Å². The van der Waals surface area contributed by atoms with Crippen LogP contribution >= 0.6 is 0 Å². The van der Waals surface area contributed by atoms with Gasteiger partial charge in [-0.25, -0.2) is 0 Å². The molecule has 0 atom stereocenters. The number of rotatable bonds is 0. The summed E-state index contributed by atoms with van der Waals surface area (Å²) in [5.74, 6) is 0. The lowest BCUT2D eigenvalue weighted by molar-refractivity contribution is 0.215. The molecule has 1 heterocycles. The van der Waals surface area contributed by atoms with E-state index in [0.717, 1.165) is 6.54 Å². The van der Waals surface area contributed by atoms with E-state index in [1.807, 2.05) is 0 Å². The number of benzene rings is 1. The molecule has 0 aromatic heterocycles. The first-order valence-corrected chi connectivity index (χ1v) is 6.83. The maximum absolute atomic E-state index is 3.67. The maximum Gasteiger partial charge on any atom is 0.0599 e. The lowest BCUT2D eigenvalue weighted by Gasteiger charge is -2.38. The van der Waals surface area contributed by atoms with E-state index in [1.54, 1.807) is 0 Å². The first kappa shape index (κ1) is 10.9. The van der Waals surface area contributed by atoms with Gasteiger partial charge in [0, 0.05) is 25.6 Å². The number of hydrogen-bond acceptors (Lipinski definition) is 2. The van der Waals surface area contributed by atoms with Crippen LogP contribution in [0.2, 0.25) is 0 Å². The van der Waals surface area contributed by atoms with Gasteiger partial charge in [-0.05, 0) is 25.0 Å². The summed E-state index contributed by atoms with van der Waals surface area (Å²) in [6.07, 6.45) is 7.02. The molecule has 2 heteroatoms. The Labute approximate surface area is 104 Å². The molecule has 1 spiro atoms. The Morgan fingerprint density at radius 2 is 1.88 bits per heavy atom. The molecule has 0 amide bonds. The number of anilines is 2. The molecule has 1 fully saturated rings. The Bertz CT molecular complexity index is 394. The molecule has 0 unspecified atom stereocenters. The normalized spacial score (nSPS) is 22.8. The summed E-state index contributed by atoms with van der Waals surface area (Å²) in [5.41, 5.74) is 3.17. The fourth-order valence-corrected chi connectivity index (χ4v) is 3.52. The zero-order chi connectivity index (χ0) is 11.7. The van der Waals surface area contributed by atoms with Gasteiger partial charge in [0.05, 0.1) is 11.4 Å². The van der Waals surface area contributed by atoms with Crippen LogP contribution in [0.4, 0.5) is 11.4 Å². The summed E-state index contributed by atoms with van der Waals surface area (Å²) in [7, 11) is 2.24. The minimum Gasteiger partial charge on any atom is -0.383 e. The Morgan fingerprint density at radius 1 is 1.12 bits per heavy atom. The van der Waals surface area contributed by atoms with Crippen molar-refractivity contribution in [1.82, 2.24) is 0 Å². The van der Waals surface area contributed by atoms with Gasteiger partial charge in [0.1, 0.15) is 0 Å². The van der Waals surface area contributed by atoms with Gasteiger partial charge < -0.3 is 10.2 Å². The van der Waals surface area contributed by atoms with Crippen LogP contribution in [0.1, 0.15) is 32.1 Å². The standard InChI is InChI=1S/C15H22N2/c1-17-12-15(9-5-2-6-10-15)11-16-13-7-3-4-8-14(13)17/h3-4,7-8,16H,2,5-6,9-12H2,1H3. The van der Waals surface area contributed by atoms with Gasteiger partial charge in [0.2, 0.25) is 0 Å². The monoisotopic (exact) mass is 230 g/mol. The summed E-state index contributed by atoms with van der Waals surface area (Å²) in [4.78, 5) is 2.45. The van der Waals surface area contributed by atoms with E-state index < -0.39 is 0 Å². The predicted molar refractivity (Wildman–Crippen MR) is 73.7 cm³/mol. The van der Waals surface area contributed by atoms with E-state index in [4.69, 9.17) is 0 Å². The van der Waals surface area contributed by atoms with Crippen LogP contribution in [0, 0.1) is 5.41 Å². The molecule has 2 nitrogen and oxygen atoms in total. The molecule has 2 aliphatic rings. The molecular weight excluding hydrogens is 208 g/mol. The number of nitrogens with one attached hydrogen (secondary N) is 1. The van der Waals surface area contributed by atoms with Crippen molar-refractivity contribution < 1.29 is 0 Å². The van der Waals surface area contributed by atoms with Crippen LogP contribution in [0.25, 0.3) is 0 Å². The number of hydrogen-bond donors (Lipinski definition) is 1. The van der Waals surface area contributed by atoms with Crippen LogP contribution in [0.15, 0.2) is 24.3 Å². The molecular formula is C15H22N2. The molecule has 0 saturated heterocycles. The van der Waals surface area contributed by atoms with Crippen LogP contribution < -0.4 is 10.2 Å². The number of para-hydroxylation sites is 2. The third-order valence-electron chi connectivity index (χ3n) is 4.46. The van der Waals surface area contributed by atoms with Gasteiger partial charge in [-0.15, -0.1) is 0 Å². The molecule has 0 radical (unpaired) electrons. The van der Waals surface area contributed by atoms with Crippen molar-refractivity contribution in [2.24, 2.45) is 5.41 Å². The summed E-state index contributed by atoms with van der Waals surface area (Å²) in [5, 5.41) is 3.67. The molecule has 17 heavy (non-hydrogen) atoms. The maximum atomic E-state index is 3.67. The second-order valence-electron chi connectivity index (χ2n) is 5.79. The van der Waals surface area contributed by atoms with E-state index in [0.29, 0.717) is 5.41 Å². The van der Waals surface area contributed by atoms with Crippen LogP contribution in [-0.4, -0.2) is 20.1 Å². The lowest BCUT2D eigenvalue weighted by Crippen LogP contribution is -2.40. The fourth-order valence-electron chi connectivity index (χ4n) is 3.52. The molecule has 3 rings (SSSR count). The van der Waals surface area contributed by atoms with E-state index >= 15 is 0 Å². The first-order valence-electron chi connectivity index (χ1n) is 6.83. The number of nitrogens with zero attached hydrogens (tertiary/aromatic N) is 1. The summed E-state index contributed by atoms with van der Waals surface area (Å²) in [6.45, 7) is 2.35. The van der Waals surface area contributed by atoms with E-state index in [-0.39, 0.29) is 0 Å². The van der Waals surface area contributed by atoms with Crippen LogP contribution in [-0.2, 0) is 0 Å². The van der Waals surface area contributed by atoms with Crippen molar-refractivity contribution in [3.63, 3.8) is 0 Å². The Kier molecular flexibility index (Phi) is 2.73. The SMILES string of the molecule is CN1CC2(CCCCC2)CNc2ccccc21. The van der Waals surface area contributed by atoms with E-state index in [1.165, 1.54) is 50.0 Å². The topological polar surface area (TPSA) is 15.3 Å². The molecule has 1 aliphatic heterocycles. The third kappa shape index (κ3) is 2.01.